The molecular formula is C13H13NO2S. The van der Waals surface area contributed by atoms with Gasteiger partial charge in [0.15, 0.2) is 14.9 Å². The number of nitrogens with zero attached hydrogens (tertiary/aromatic N) is 1. The van der Waals surface area contributed by atoms with Crippen molar-refractivity contribution in [2.75, 3.05) is 5.75 Å². The quantitative estimate of drug-likeness (QED) is 0.831. The number of rotatable bonds is 4. The summed E-state index contributed by atoms with van der Waals surface area (Å²) in [7, 11) is -3.27. The van der Waals surface area contributed by atoms with Crippen molar-refractivity contribution in [2.45, 2.75) is 11.4 Å². The van der Waals surface area contributed by atoms with Crippen molar-refractivity contribution in [3.05, 3.63) is 60.3 Å². The van der Waals surface area contributed by atoms with Crippen LogP contribution in [-0.2, 0) is 16.3 Å². The summed E-state index contributed by atoms with van der Waals surface area (Å²) in [4.78, 5) is 3.87. The Morgan fingerprint density at radius 3 is 2.29 bits per heavy atom. The van der Waals surface area contributed by atoms with Crippen LogP contribution in [0, 0.1) is 0 Å². The molecule has 0 unspecified atom stereocenters. The normalized spacial score (nSPS) is 11.3. The van der Waals surface area contributed by atoms with Crippen molar-refractivity contribution >= 4 is 9.84 Å². The molecule has 4 heteroatoms. The molecule has 88 valence electrons. The van der Waals surface area contributed by atoms with Crippen LogP contribution in [0.4, 0.5) is 0 Å². The molecule has 1 aromatic carbocycles. The van der Waals surface area contributed by atoms with Gasteiger partial charge in [-0.05, 0) is 24.1 Å². The van der Waals surface area contributed by atoms with E-state index in [2.05, 4.69) is 4.98 Å². The minimum absolute atomic E-state index is 0.0913. The molecule has 2 rings (SSSR count). The Kier molecular flexibility index (Phi) is 3.54. The monoisotopic (exact) mass is 247 g/mol. The molecule has 0 radical (unpaired) electrons. The van der Waals surface area contributed by atoms with Gasteiger partial charge in [0.2, 0.25) is 0 Å². The largest absolute Gasteiger partial charge is 0.245 e. The van der Waals surface area contributed by atoms with Crippen LogP contribution in [0.25, 0.3) is 0 Å². The third kappa shape index (κ3) is 3.14. The van der Waals surface area contributed by atoms with Gasteiger partial charge in [-0.2, -0.15) is 0 Å². The highest BCUT2D eigenvalue weighted by Crippen LogP contribution is 2.09. The fourth-order valence-corrected chi connectivity index (χ4v) is 2.75. The summed E-state index contributed by atoms with van der Waals surface area (Å²) in [5.41, 5.74) is 1.02. The van der Waals surface area contributed by atoms with E-state index in [4.69, 9.17) is 0 Å². The number of hydrogen-bond acceptors (Lipinski definition) is 3. The van der Waals surface area contributed by atoms with Gasteiger partial charge in [0.25, 0.3) is 0 Å². The van der Waals surface area contributed by atoms with Gasteiger partial charge in [0.1, 0.15) is 0 Å². The van der Waals surface area contributed by atoms with E-state index in [1.807, 2.05) is 30.3 Å². The van der Waals surface area contributed by atoms with Crippen LogP contribution in [0.2, 0.25) is 0 Å². The van der Waals surface area contributed by atoms with Crippen molar-refractivity contribution in [3.8, 4) is 0 Å². The number of aromatic nitrogens is 1. The average Bonchev–Trinajstić information content (AvgIpc) is 2.39. The Balaban J connectivity index is 2.09. The first-order valence-corrected chi connectivity index (χ1v) is 7.01. The number of sulfone groups is 1. The van der Waals surface area contributed by atoms with E-state index >= 15 is 0 Å². The summed E-state index contributed by atoms with van der Waals surface area (Å²) < 4.78 is 23.9. The molecule has 0 spiro atoms. The standard InChI is InChI=1S/C13H13NO2S/c15-17(16,13-8-4-5-10-14-13)11-9-12-6-2-1-3-7-12/h1-8,10H,9,11H2. The van der Waals surface area contributed by atoms with Crippen molar-refractivity contribution in [1.29, 1.82) is 0 Å². The van der Waals surface area contributed by atoms with E-state index in [0.29, 0.717) is 6.42 Å². The number of aryl methyl sites for hydroxylation is 1. The maximum Gasteiger partial charge on any atom is 0.195 e. The highest BCUT2D eigenvalue weighted by Gasteiger charge is 2.14. The lowest BCUT2D eigenvalue weighted by molar-refractivity contribution is 0.591. The third-order valence-electron chi connectivity index (χ3n) is 2.46. The van der Waals surface area contributed by atoms with Gasteiger partial charge in [-0.25, -0.2) is 13.4 Å². The summed E-state index contributed by atoms with van der Waals surface area (Å²) in [6.07, 6.45) is 2.01. The highest BCUT2D eigenvalue weighted by atomic mass is 32.2. The van der Waals surface area contributed by atoms with Gasteiger partial charge < -0.3 is 0 Å². The fourth-order valence-electron chi connectivity index (χ4n) is 1.53. The third-order valence-corrected chi connectivity index (χ3v) is 4.08. The maximum atomic E-state index is 11.9. The topological polar surface area (TPSA) is 47.0 Å². The summed E-state index contributed by atoms with van der Waals surface area (Å²) in [6.45, 7) is 0. The van der Waals surface area contributed by atoms with Crippen LogP contribution in [0.5, 0.6) is 0 Å². The van der Waals surface area contributed by atoms with Crippen molar-refractivity contribution in [1.82, 2.24) is 4.98 Å². The molecule has 1 heterocycles. The first-order chi connectivity index (χ1) is 8.18. The molecule has 0 bridgehead atoms. The van der Waals surface area contributed by atoms with Crippen molar-refractivity contribution in [3.63, 3.8) is 0 Å². The van der Waals surface area contributed by atoms with E-state index in [1.54, 1.807) is 12.1 Å². The average molecular weight is 247 g/mol. The molecule has 0 saturated carbocycles. The smallest absolute Gasteiger partial charge is 0.195 e. The molecule has 0 fully saturated rings. The molecule has 0 saturated heterocycles. The Hall–Kier alpha value is -1.68. The number of pyridine rings is 1. The van der Waals surface area contributed by atoms with Gasteiger partial charge in [-0.1, -0.05) is 36.4 Å². The van der Waals surface area contributed by atoms with Crippen LogP contribution in [0.1, 0.15) is 5.56 Å². The molecule has 1 aromatic heterocycles. The first-order valence-electron chi connectivity index (χ1n) is 5.36. The number of hydrogen-bond donors (Lipinski definition) is 0. The van der Waals surface area contributed by atoms with Gasteiger partial charge in [0.05, 0.1) is 5.75 Å². The Morgan fingerprint density at radius 2 is 1.65 bits per heavy atom. The predicted molar refractivity (Wildman–Crippen MR) is 66.4 cm³/mol. The van der Waals surface area contributed by atoms with Crippen LogP contribution in [0.3, 0.4) is 0 Å². The first kappa shape index (κ1) is 11.8. The second-order valence-electron chi connectivity index (χ2n) is 3.72. The van der Waals surface area contributed by atoms with Crippen molar-refractivity contribution in [2.24, 2.45) is 0 Å². The van der Waals surface area contributed by atoms with Gasteiger partial charge >= 0.3 is 0 Å². The van der Waals surface area contributed by atoms with E-state index < -0.39 is 9.84 Å². The highest BCUT2D eigenvalue weighted by molar-refractivity contribution is 7.91. The van der Waals surface area contributed by atoms with Crippen LogP contribution in [-0.4, -0.2) is 19.2 Å². The minimum Gasteiger partial charge on any atom is -0.245 e. The minimum atomic E-state index is -3.27. The van der Waals surface area contributed by atoms with E-state index in [-0.39, 0.29) is 10.8 Å². The lowest BCUT2D eigenvalue weighted by Crippen LogP contribution is -2.10. The molecule has 0 N–H and O–H groups in total. The summed E-state index contributed by atoms with van der Waals surface area (Å²) >= 11 is 0. The SMILES string of the molecule is O=S(=O)(CCc1ccccc1)c1ccccn1. The van der Waals surface area contributed by atoms with Gasteiger partial charge in [-0.15, -0.1) is 0 Å². The Morgan fingerprint density at radius 1 is 0.941 bits per heavy atom. The van der Waals surface area contributed by atoms with Crippen molar-refractivity contribution < 1.29 is 8.42 Å². The molecule has 0 atom stereocenters. The summed E-state index contributed by atoms with van der Waals surface area (Å²) in [5.74, 6) is 0.0913. The van der Waals surface area contributed by atoms with Gasteiger partial charge in [0, 0.05) is 6.20 Å². The Bertz CT molecular complexity index is 565. The molecule has 3 nitrogen and oxygen atoms in total. The zero-order chi connectivity index (χ0) is 12.1. The zero-order valence-corrected chi connectivity index (χ0v) is 10.1. The van der Waals surface area contributed by atoms with Crippen LogP contribution in [0.15, 0.2) is 59.8 Å². The second kappa shape index (κ2) is 5.10. The van der Waals surface area contributed by atoms with E-state index in [0.717, 1.165) is 5.56 Å². The van der Waals surface area contributed by atoms with E-state index in [9.17, 15) is 8.42 Å². The zero-order valence-electron chi connectivity index (χ0n) is 9.28. The Labute approximate surface area is 101 Å². The molecule has 0 amide bonds. The lowest BCUT2D eigenvalue weighted by atomic mass is 10.2. The van der Waals surface area contributed by atoms with Crippen LogP contribution < -0.4 is 0 Å². The molecule has 17 heavy (non-hydrogen) atoms. The second-order valence-corrected chi connectivity index (χ2v) is 5.78. The van der Waals surface area contributed by atoms with Crippen LogP contribution >= 0.6 is 0 Å². The molecule has 0 aliphatic heterocycles. The van der Waals surface area contributed by atoms with E-state index in [1.165, 1.54) is 12.3 Å². The molecule has 2 aromatic rings. The molecule has 0 aliphatic carbocycles. The fraction of sp³-hybridized carbons (Fsp3) is 0.154. The maximum absolute atomic E-state index is 11.9. The molecular weight excluding hydrogens is 234 g/mol. The summed E-state index contributed by atoms with van der Waals surface area (Å²) in [5, 5.41) is 0.149. The lowest BCUT2D eigenvalue weighted by Gasteiger charge is -2.03. The predicted octanol–water partition coefficient (Wildman–Crippen LogP) is 2.10. The molecule has 0 aliphatic rings. The summed E-state index contributed by atoms with van der Waals surface area (Å²) in [6, 6.07) is 14.5. The van der Waals surface area contributed by atoms with Gasteiger partial charge in [-0.3, -0.25) is 0 Å². The number of benzene rings is 1.